The average molecular weight is 1450 g/mol. The van der Waals surface area contributed by atoms with Crippen molar-refractivity contribution in [3.05, 3.63) is 264 Å². The third kappa shape index (κ3) is 18.9. The molecular weight excluding hydrogens is 1380 g/mol. The van der Waals surface area contributed by atoms with Crippen LogP contribution in [0.4, 0.5) is 69.9 Å². The molecule has 0 bridgehead atoms. The van der Waals surface area contributed by atoms with Gasteiger partial charge in [-0.1, -0.05) is 139 Å². The molecule has 0 atom stereocenters. The number of hydrogen-bond acceptors (Lipinski definition) is 14. The summed E-state index contributed by atoms with van der Waals surface area (Å²) in [5.74, 6) is -0.113. The number of carbonyl (C=O) groups excluding carboxylic acids is 1. The second-order valence-electron chi connectivity index (χ2n) is 24.4. The van der Waals surface area contributed by atoms with Crippen molar-refractivity contribution >= 4 is 45.8 Å². The average Bonchev–Trinajstić information content (AvgIpc) is 1.63. The van der Waals surface area contributed by atoms with Gasteiger partial charge in [0.05, 0.1) is 58.0 Å². The molecule has 105 heavy (non-hydrogen) atoms. The number of aromatic nitrogens is 10. The Labute approximate surface area is 593 Å². The molecule has 0 spiro atoms. The monoisotopic (exact) mass is 1450 g/mol. The predicted molar refractivity (Wildman–Crippen MR) is 373 cm³/mol. The van der Waals surface area contributed by atoms with Crippen LogP contribution in [0.3, 0.4) is 0 Å². The quantitative estimate of drug-likeness (QED) is 0.0608. The molecule has 0 fully saturated rings. The van der Waals surface area contributed by atoms with E-state index in [4.69, 9.17) is 15.2 Å². The van der Waals surface area contributed by atoms with Crippen molar-refractivity contribution in [3.8, 4) is 62.8 Å². The zero-order valence-electron chi connectivity index (χ0n) is 56.6. The Bertz CT molecular complexity index is 5190. The molecule has 0 saturated carbocycles. The topological polar surface area (TPSA) is 207 Å². The summed E-state index contributed by atoms with van der Waals surface area (Å²) >= 11 is 0. The number of ether oxygens (including phenoxy) is 2. The fourth-order valence-electron chi connectivity index (χ4n) is 10.2. The van der Waals surface area contributed by atoms with Gasteiger partial charge >= 0.3 is 18.5 Å². The summed E-state index contributed by atoms with van der Waals surface area (Å²) < 4.78 is 177. The number of benzene rings is 8. The summed E-state index contributed by atoms with van der Waals surface area (Å²) in [5.41, 5.74) is 7.69. The van der Waals surface area contributed by atoms with Gasteiger partial charge in [0.25, 0.3) is 0 Å². The zero-order chi connectivity index (χ0) is 75.5. The summed E-state index contributed by atoms with van der Waals surface area (Å²) in [4.78, 5) is 44.1. The summed E-state index contributed by atoms with van der Waals surface area (Å²) in [6.45, 7) is 11.8. The van der Waals surface area contributed by atoms with E-state index in [9.17, 15) is 58.2 Å². The fourth-order valence-corrected chi connectivity index (χ4v) is 10.2. The van der Waals surface area contributed by atoms with Crippen LogP contribution in [0.1, 0.15) is 92.8 Å². The Morgan fingerprint density at radius 1 is 0.467 bits per heavy atom. The Kier molecular flexibility index (Phi) is 23.3. The van der Waals surface area contributed by atoms with E-state index >= 15 is 4.39 Å². The fraction of sp³-hybridized carbons (Fsp3) is 0.182. The molecule has 0 aliphatic carbocycles. The van der Waals surface area contributed by atoms with E-state index in [1.165, 1.54) is 89.9 Å². The molecule has 13 rings (SSSR count). The maximum absolute atomic E-state index is 15.4. The number of phenolic OH excluding ortho intramolecular Hbond substituents is 1. The summed E-state index contributed by atoms with van der Waals surface area (Å²) in [7, 11) is 0. The van der Waals surface area contributed by atoms with E-state index in [1.54, 1.807) is 22.8 Å². The molecule has 5 heterocycles. The molecule has 5 aromatic heterocycles. The number of alkyl halides is 9. The lowest BCUT2D eigenvalue weighted by atomic mass is 10.1. The minimum Gasteiger partial charge on any atom is -0.508 e. The smallest absolute Gasteiger partial charge is 0.416 e. The number of aromatic hydroxyl groups is 1. The second kappa shape index (κ2) is 32.4. The van der Waals surface area contributed by atoms with Gasteiger partial charge < -0.3 is 30.4 Å². The minimum absolute atomic E-state index is 0.0148. The number of rotatable bonds is 16. The van der Waals surface area contributed by atoms with Gasteiger partial charge in [-0.05, 0) is 83.9 Å². The minimum atomic E-state index is -4.50. The van der Waals surface area contributed by atoms with Crippen LogP contribution in [0, 0.1) is 23.4 Å². The van der Waals surface area contributed by atoms with Crippen molar-refractivity contribution in [1.82, 2.24) is 49.0 Å². The van der Waals surface area contributed by atoms with Gasteiger partial charge in [0, 0.05) is 52.6 Å². The van der Waals surface area contributed by atoms with E-state index in [1.807, 2.05) is 102 Å². The molecule has 0 aliphatic rings. The third-order valence-corrected chi connectivity index (χ3v) is 15.3. The van der Waals surface area contributed by atoms with Gasteiger partial charge in [0.15, 0.2) is 46.2 Å². The number of fused-ring (bicyclic) bond motifs is 2. The van der Waals surface area contributed by atoms with Crippen LogP contribution in [-0.2, 0) is 36.5 Å². The molecule has 0 amide bonds. The van der Waals surface area contributed by atoms with Gasteiger partial charge in [0.2, 0.25) is 0 Å². The Hall–Kier alpha value is -12.2. The Morgan fingerprint density at radius 3 is 1.25 bits per heavy atom. The first-order valence-corrected chi connectivity index (χ1v) is 32.2. The Balaban J connectivity index is 0.000000164. The number of carbonyl (C=O) groups is 1. The van der Waals surface area contributed by atoms with E-state index < -0.39 is 52.7 Å². The molecule has 16 nitrogen and oxygen atoms in total. The van der Waals surface area contributed by atoms with Crippen molar-refractivity contribution in [1.29, 1.82) is 0 Å². The molecule has 0 radical (unpaired) electrons. The summed E-state index contributed by atoms with van der Waals surface area (Å²) in [6.07, 6.45) is -8.49. The number of anilines is 3. The number of phenols is 1. The third-order valence-electron chi connectivity index (χ3n) is 15.3. The van der Waals surface area contributed by atoms with E-state index in [-0.39, 0.29) is 98.5 Å². The number of imidazole rings is 2. The summed E-state index contributed by atoms with van der Waals surface area (Å²) in [6, 6.07) is 45.5. The van der Waals surface area contributed by atoms with E-state index in [0.717, 1.165) is 59.9 Å². The molecule has 0 saturated heterocycles. The summed E-state index contributed by atoms with van der Waals surface area (Å²) in [5, 5.41) is 12.3. The van der Waals surface area contributed by atoms with Crippen molar-refractivity contribution < 1.29 is 72.1 Å². The van der Waals surface area contributed by atoms with Crippen molar-refractivity contribution in [2.45, 2.75) is 85.1 Å². The van der Waals surface area contributed by atoms with Crippen molar-refractivity contribution in [3.63, 3.8) is 0 Å². The van der Waals surface area contributed by atoms with Crippen molar-refractivity contribution in [2.24, 2.45) is 5.92 Å². The highest BCUT2D eigenvalue weighted by molar-refractivity contribution is 5.78. The molecule has 13 aromatic rings. The lowest BCUT2D eigenvalue weighted by Gasteiger charge is -2.14. The molecule has 0 aliphatic heterocycles. The predicted octanol–water partition coefficient (Wildman–Crippen LogP) is 19.9. The first-order chi connectivity index (χ1) is 49.9. The molecule has 0 unspecified atom stereocenters. The van der Waals surface area contributed by atoms with Gasteiger partial charge in [0.1, 0.15) is 65.2 Å². The lowest BCUT2D eigenvalue weighted by Crippen LogP contribution is -2.07. The SMILES string of the molecule is CC(C)C=O.CC(C)c1nc2cnc(-c3cccc(C(F)(F)F)c3)nc2n1-c1ccc(O)cc1F.CC(C)c1nc2cnc(-c3cccc(C(F)(F)F)c3)nc2n1-c1ccc(OCc2ccccc2)cc1F.Nc1cnc(-c2cccc(C(F)(F)F)c2)nc1Nc1ccc(OCc2ccccc2)cc1F. The number of nitrogens with one attached hydrogen (secondary N) is 1. The standard InChI is InChI=1S/C28H22F4N4O.C24H18F4N4O.C21H16F4N4O.C4H8O/c1-17(2)26-34-23-15-33-25(19-9-6-10-20(13-19)28(30,31)32)35-27(23)36(26)24-12-11-21(14-22(24)29)37-16-18-7-4-3-5-8-18;25-19-12-18(33-14-15-5-2-1-3-6-15)9-10-21(19)31-23-20(29)13-30-22(32-23)16-7-4-8-17(11-16)24(26,27)28;1-11(2)19-27-16-10-26-18(12-4-3-5-13(8-12)21(23,24)25)28-20(16)29(19)17-7-6-14(30)9-15(17)22;1-4(2)3-5/h3-15,17H,16H2,1-2H3;1-13H,14,29H2,(H,30,31,32);3-11,30H,1-2H3;3-4H,1-2H3. The normalized spacial score (nSPS) is 11.6. The van der Waals surface area contributed by atoms with Crippen LogP contribution in [-0.4, -0.2) is 60.4 Å². The number of hydrogen-bond donors (Lipinski definition) is 3. The molecule has 8 aromatic carbocycles. The number of nitrogen functional groups attached to an aromatic ring is 1. The highest BCUT2D eigenvalue weighted by Crippen LogP contribution is 2.38. The van der Waals surface area contributed by atoms with Crippen LogP contribution in [0.25, 0.3) is 67.9 Å². The van der Waals surface area contributed by atoms with Crippen molar-refractivity contribution in [2.75, 3.05) is 11.1 Å². The second-order valence-corrected chi connectivity index (χ2v) is 24.4. The largest absolute Gasteiger partial charge is 0.508 e. The highest BCUT2D eigenvalue weighted by atomic mass is 19.4. The van der Waals surface area contributed by atoms with Gasteiger partial charge in [-0.15, -0.1) is 0 Å². The number of halogens is 12. The van der Waals surface area contributed by atoms with E-state index in [2.05, 4.69) is 45.2 Å². The highest BCUT2D eigenvalue weighted by Gasteiger charge is 2.33. The van der Waals surface area contributed by atoms with Crippen LogP contribution < -0.4 is 20.5 Å². The molecular formula is C77H64F12N12O4. The lowest BCUT2D eigenvalue weighted by molar-refractivity contribution is -0.138. The number of aldehydes is 1. The maximum atomic E-state index is 15.4. The first-order valence-electron chi connectivity index (χ1n) is 32.2. The first kappa shape index (κ1) is 75.4. The molecule has 540 valence electrons. The maximum Gasteiger partial charge on any atom is 0.416 e. The van der Waals surface area contributed by atoms with Crippen LogP contribution in [0.2, 0.25) is 0 Å². The Morgan fingerprint density at radius 2 is 0.857 bits per heavy atom. The molecule has 4 N–H and O–H groups in total. The van der Waals surface area contributed by atoms with Crippen LogP contribution >= 0.6 is 0 Å². The van der Waals surface area contributed by atoms with Gasteiger partial charge in [-0.25, -0.2) is 53.0 Å². The molecule has 28 heteroatoms. The number of nitrogens with zero attached hydrogens (tertiary/aromatic N) is 10. The van der Waals surface area contributed by atoms with E-state index in [0.29, 0.717) is 46.4 Å². The van der Waals surface area contributed by atoms with Gasteiger partial charge in [-0.2, -0.15) is 39.5 Å². The van der Waals surface area contributed by atoms with Crippen LogP contribution in [0.5, 0.6) is 17.2 Å². The number of nitrogens with two attached hydrogens (primary N) is 1. The van der Waals surface area contributed by atoms with Crippen LogP contribution in [0.15, 0.2) is 207 Å². The van der Waals surface area contributed by atoms with Gasteiger partial charge in [-0.3, -0.25) is 9.13 Å². The zero-order valence-corrected chi connectivity index (χ0v) is 56.6.